The van der Waals surface area contributed by atoms with Gasteiger partial charge in [-0.3, -0.25) is 9.48 Å². The Morgan fingerprint density at radius 2 is 2.15 bits per heavy atom. The van der Waals surface area contributed by atoms with Crippen LogP contribution in [-0.4, -0.2) is 37.2 Å². The second kappa shape index (κ2) is 6.17. The van der Waals surface area contributed by atoms with E-state index in [4.69, 9.17) is 0 Å². The summed E-state index contributed by atoms with van der Waals surface area (Å²) >= 11 is 1.58. The monoisotopic (exact) mass is 368 g/mol. The van der Waals surface area contributed by atoms with E-state index in [1.165, 1.54) is 0 Å². The molecule has 6 nitrogen and oxygen atoms in total. The molecule has 1 amide bonds. The Hall–Kier alpha value is -2.25. The standard InChI is InChI=1S/C19H20N4O2S/c24-18(12-2-3-12)16-9-14-10-22(6-1-7-23(14)21-16)19(25)13-4-5-17-15(8-13)20-11-26-17/h4-5,8-9,11-12,18,24H,1-3,6-7,10H2/t18-/m0/s1. The van der Waals surface area contributed by atoms with Crippen LogP contribution in [0.5, 0.6) is 0 Å². The smallest absolute Gasteiger partial charge is 0.254 e. The molecule has 134 valence electrons. The van der Waals surface area contributed by atoms with E-state index >= 15 is 0 Å². The lowest BCUT2D eigenvalue weighted by Crippen LogP contribution is -2.30. The third-order valence-electron chi connectivity index (χ3n) is 5.27. The Labute approximate surface area is 155 Å². The summed E-state index contributed by atoms with van der Waals surface area (Å²) in [6.07, 6.45) is 2.55. The van der Waals surface area contributed by atoms with Gasteiger partial charge in [0.1, 0.15) is 6.10 Å². The highest BCUT2D eigenvalue weighted by atomic mass is 32.1. The van der Waals surface area contributed by atoms with Crippen LogP contribution in [0, 0.1) is 5.92 Å². The van der Waals surface area contributed by atoms with Crippen molar-refractivity contribution in [2.24, 2.45) is 5.92 Å². The maximum Gasteiger partial charge on any atom is 0.254 e. The van der Waals surface area contributed by atoms with Gasteiger partial charge in [-0.1, -0.05) is 0 Å². The van der Waals surface area contributed by atoms with Crippen molar-refractivity contribution >= 4 is 27.5 Å². The second-order valence-corrected chi connectivity index (χ2v) is 8.07. The van der Waals surface area contributed by atoms with Crippen molar-refractivity contribution in [3.63, 3.8) is 0 Å². The number of benzene rings is 1. The van der Waals surface area contributed by atoms with Crippen molar-refractivity contribution in [3.05, 3.63) is 46.7 Å². The van der Waals surface area contributed by atoms with Gasteiger partial charge >= 0.3 is 0 Å². The van der Waals surface area contributed by atoms with Crippen LogP contribution in [0.1, 0.15) is 47.1 Å². The first-order valence-electron chi connectivity index (χ1n) is 9.06. The second-order valence-electron chi connectivity index (χ2n) is 7.18. The maximum atomic E-state index is 13.0. The molecular formula is C19H20N4O2S. The molecular weight excluding hydrogens is 348 g/mol. The average Bonchev–Trinajstić information content (AvgIpc) is 3.33. The fourth-order valence-corrected chi connectivity index (χ4v) is 4.29. The predicted octanol–water partition coefficient (Wildman–Crippen LogP) is 2.98. The molecule has 5 rings (SSSR count). The fourth-order valence-electron chi connectivity index (χ4n) is 3.63. The Morgan fingerprint density at radius 1 is 1.27 bits per heavy atom. The van der Waals surface area contributed by atoms with Crippen LogP contribution in [0.3, 0.4) is 0 Å². The van der Waals surface area contributed by atoms with Gasteiger partial charge in [0.25, 0.3) is 5.91 Å². The first kappa shape index (κ1) is 16.0. The van der Waals surface area contributed by atoms with Gasteiger partial charge in [-0.25, -0.2) is 4.98 Å². The molecule has 0 bridgehead atoms. The van der Waals surface area contributed by atoms with Gasteiger partial charge in [0, 0.05) is 18.7 Å². The van der Waals surface area contributed by atoms with Crippen LogP contribution in [0.2, 0.25) is 0 Å². The normalized spacial score (nSPS) is 18.6. The zero-order chi connectivity index (χ0) is 17.7. The van der Waals surface area contributed by atoms with Gasteiger partial charge in [0.15, 0.2) is 0 Å². The summed E-state index contributed by atoms with van der Waals surface area (Å²) in [4.78, 5) is 19.2. The maximum absolute atomic E-state index is 13.0. The molecule has 1 saturated carbocycles. The van der Waals surface area contributed by atoms with Crippen LogP contribution in [0.25, 0.3) is 10.2 Å². The lowest BCUT2D eigenvalue weighted by Gasteiger charge is -2.20. The van der Waals surface area contributed by atoms with Crippen LogP contribution < -0.4 is 0 Å². The Morgan fingerprint density at radius 3 is 3.00 bits per heavy atom. The van der Waals surface area contributed by atoms with Crippen molar-refractivity contribution in [1.82, 2.24) is 19.7 Å². The zero-order valence-electron chi connectivity index (χ0n) is 14.3. The third-order valence-corrected chi connectivity index (χ3v) is 6.08. The summed E-state index contributed by atoms with van der Waals surface area (Å²) in [5.41, 5.74) is 5.10. The first-order chi connectivity index (χ1) is 12.7. The number of carbonyl (C=O) groups excluding carboxylic acids is 1. The van der Waals surface area contributed by atoms with Gasteiger partial charge in [0.2, 0.25) is 0 Å². The van der Waals surface area contributed by atoms with Crippen LogP contribution >= 0.6 is 11.3 Å². The summed E-state index contributed by atoms with van der Waals surface area (Å²) in [5, 5.41) is 14.9. The molecule has 1 aromatic carbocycles. The number of rotatable bonds is 3. The molecule has 0 radical (unpaired) electrons. The molecule has 3 aromatic rings. The molecule has 1 fully saturated rings. The minimum atomic E-state index is -0.467. The van der Waals surface area contributed by atoms with Crippen molar-refractivity contribution < 1.29 is 9.90 Å². The molecule has 26 heavy (non-hydrogen) atoms. The van der Waals surface area contributed by atoms with E-state index < -0.39 is 6.10 Å². The molecule has 3 heterocycles. The molecule has 0 saturated heterocycles. The zero-order valence-corrected chi connectivity index (χ0v) is 15.2. The molecule has 7 heteroatoms. The number of fused-ring (bicyclic) bond motifs is 2. The first-order valence-corrected chi connectivity index (χ1v) is 9.94. The number of hydrogen-bond acceptors (Lipinski definition) is 5. The molecule has 1 aliphatic heterocycles. The number of carbonyl (C=O) groups is 1. The quantitative estimate of drug-likeness (QED) is 0.771. The van der Waals surface area contributed by atoms with E-state index in [0.717, 1.165) is 47.4 Å². The number of aromatic nitrogens is 3. The lowest BCUT2D eigenvalue weighted by molar-refractivity contribution is 0.0746. The highest BCUT2D eigenvalue weighted by Gasteiger charge is 2.33. The third kappa shape index (κ3) is 2.81. The summed E-state index contributed by atoms with van der Waals surface area (Å²) in [7, 11) is 0. The Balaban J connectivity index is 1.40. The highest BCUT2D eigenvalue weighted by molar-refractivity contribution is 7.16. The number of aliphatic hydroxyl groups is 1. The summed E-state index contributed by atoms with van der Waals surface area (Å²) in [6.45, 7) is 2.01. The van der Waals surface area contributed by atoms with Gasteiger partial charge in [-0.15, -0.1) is 11.3 Å². The van der Waals surface area contributed by atoms with Gasteiger partial charge in [0.05, 0.1) is 33.7 Å². The van der Waals surface area contributed by atoms with Crippen molar-refractivity contribution in [3.8, 4) is 0 Å². The van der Waals surface area contributed by atoms with E-state index in [1.807, 2.05) is 33.8 Å². The Bertz CT molecular complexity index is 975. The largest absolute Gasteiger partial charge is 0.386 e. The summed E-state index contributed by atoms with van der Waals surface area (Å²) < 4.78 is 3.05. The lowest BCUT2D eigenvalue weighted by atomic mass is 10.1. The van der Waals surface area contributed by atoms with Crippen LogP contribution in [0.4, 0.5) is 0 Å². The van der Waals surface area contributed by atoms with Crippen molar-refractivity contribution in [1.29, 1.82) is 0 Å². The van der Waals surface area contributed by atoms with Crippen molar-refractivity contribution in [2.45, 2.75) is 38.5 Å². The average molecular weight is 368 g/mol. The number of hydrogen-bond donors (Lipinski definition) is 1. The van der Waals surface area contributed by atoms with Crippen LogP contribution in [-0.2, 0) is 13.1 Å². The number of aliphatic hydroxyl groups excluding tert-OH is 1. The van der Waals surface area contributed by atoms with E-state index in [1.54, 1.807) is 16.8 Å². The number of amides is 1. The van der Waals surface area contributed by atoms with Crippen LogP contribution in [0.15, 0.2) is 29.8 Å². The van der Waals surface area contributed by atoms with E-state index in [-0.39, 0.29) is 5.91 Å². The fraction of sp³-hybridized carbons (Fsp3) is 0.421. The summed E-state index contributed by atoms with van der Waals surface area (Å²) in [6, 6.07) is 7.69. The number of aryl methyl sites for hydroxylation is 1. The molecule has 0 spiro atoms. The summed E-state index contributed by atoms with van der Waals surface area (Å²) in [5.74, 6) is 0.385. The van der Waals surface area contributed by atoms with E-state index in [9.17, 15) is 9.90 Å². The molecule has 2 aromatic heterocycles. The minimum absolute atomic E-state index is 0.0267. The Kier molecular flexibility index (Phi) is 3.79. The van der Waals surface area contributed by atoms with Crippen molar-refractivity contribution in [2.75, 3.05) is 6.54 Å². The number of nitrogens with zero attached hydrogens (tertiary/aromatic N) is 4. The molecule has 1 atom stereocenters. The van der Waals surface area contributed by atoms with E-state index in [2.05, 4.69) is 10.1 Å². The van der Waals surface area contributed by atoms with E-state index in [0.29, 0.717) is 24.6 Å². The minimum Gasteiger partial charge on any atom is -0.386 e. The van der Waals surface area contributed by atoms with Gasteiger partial charge < -0.3 is 10.0 Å². The predicted molar refractivity (Wildman–Crippen MR) is 98.9 cm³/mol. The number of thiazole rings is 1. The highest BCUT2D eigenvalue weighted by Crippen LogP contribution is 2.40. The van der Waals surface area contributed by atoms with Gasteiger partial charge in [-0.2, -0.15) is 5.10 Å². The SMILES string of the molecule is O=C(c1ccc2scnc2c1)N1CCCn2nc([C@@H](O)C3CC3)cc2C1. The molecule has 1 aliphatic carbocycles. The topological polar surface area (TPSA) is 71.2 Å². The van der Waals surface area contributed by atoms with Gasteiger partial charge in [-0.05, 0) is 49.4 Å². The molecule has 1 N–H and O–H groups in total. The molecule has 2 aliphatic rings. The molecule has 0 unspecified atom stereocenters.